The number of hydrogen-bond acceptors (Lipinski definition) is 3. The van der Waals surface area contributed by atoms with Gasteiger partial charge in [0.2, 0.25) is 0 Å². The molecule has 19 heavy (non-hydrogen) atoms. The molecule has 0 aromatic heterocycles. The van der Waals surface area contributed by atoms with Crippen molar-refractivity contribution in [1.82, 2.24) is 0 Å². The van der Waals surface area contributed by atoms with E-state index in [-0.39, 0.29) is 17.6 Å². The summed E-state index contributed by atoms with van der Waals surface area (Å²) in [6, 6.07) is 7.17. The Bertz CT molecular complexity index is 493. The van der Waals surface area contributed by atoms with Crippen LogP contribution in [0.4, 0.5) is 0 Å². The Morgan fingerprint density at radius 2 is 1.79 bits per heavy atom. The number of ketones is 1. The highest BCUT2D eigenvalue weighted by Gasteiger charge is 2.31. The molecular formula is C15H16O3S. The van der Waals surface area contributed by atoms with Gasteiger partial charge in [0.1, 0.15) is 0 Å². The fraction of sp³-hybridized carbons (Fsp3) is 0.400. The first-order chi connectivity index (χ1) is 9.11. The van der Waals surface area contributed by atoms with Crippen LogP contribution in [-0.2, 0) is 4.79 Å². The lowest BCUT2D eigenvalue weighted by Gasteiger charge is -2.25. The van der Waals surface area contributed by atoms with Crippen molar-refractivity contribution in [2.75, 3.05) is 0 Å². The third-order valence-corrected chi connectivity index (χ3v) is 4.00. The Morgan fingerprint density at radius 3 is 2.37 bits per heavy atom. The van der Waals surface area contributed by atoms with Gasteiger partial charge in [-0.3, -0.25) is 9.59 Å². The lowest BCUT2D eigenvalue weighted by molar-refractivity contribution is -0.143. The molecule has 0 spiro atoms. The highest BCUT2D eigenvalue weighted by molar-refractivity contribution is 7.79. The quantitative estimate of drug-likeness (QED) is 0.678. The predicted octanol–water partition coefficient (Wildman–Crippen LogP) is 3.11. The first-order valence-corrected chi connectivity index (χ1v) is 6.91. The topological polar surface area (TPSA) is 54.4 Å². The summed E-state index contributed by atoms with van der Waals surface area (Å²) in [4.78, 5) is 23.4. The number of Topliss-reactive ketones (excluding diaryl/α,β-unsaturated/α-hetero) is 1. The third kappa shape index (κ3) is 3.26. The SMILES string of the molecule is O=C(O)[C@@H]1CCC[C@H](C(=O)c2ccc(C=S)cc2)C1. The molecule has 0 heterocycles. The number of hydrogen-bond donors (Lipinski definition) is 1. The molecule has 0 bridgehead atoms. The van der Waals surface area contributed by atoms with E-state index < -0.39 is 5.97 Å². The molecule has 1 aromatic carbocycles. The summed E-state index contributed by atoms with van der Waals surface area (Å²) in [6.45, 7) is 0. The molecule has 0 aliphatic heterocycles. The van der Waals surface area contributed by atoms with Crippen LogP contribution in [0.1, 0.15) is 41.6 Å². The van der Waals surface area contributed by atoms with Crippen molar-refractivity contribution in [2.24, 2.45) is 11.8 Å². The number of rotatable bonds is 4. The maximum Gasteiger partial charge on any atom is 0.306 e. The van der Waals surface area contributed by atoms with E-state index in [1.807, 2.05) is 12.1 Å². The number of carbonyl (C=O) groups excluding carboxylic acids is 1. The average molecular weight is 276 g/mol. The summed E-state index contributed by atoms with van der Waals surface area (Å²) >= 11 is 4.82. The molecule has 4 heteroatoms. The maximum absolute atomic E-state index is 12.3. The molecular weight excluding hydrogens is 260 g/mol. The van der Waals surface area contributed by atoms with Crippen LogP contribution in [0, 0.1) is 11.8 Å². The maximum atomic E-state index is 12.3. The van der Waals surface area contributed by atoms with Gasteiger partial charge < -0.3 is 5.11 Å². The number of carbonyl (C=O) groups is 2. The zero-order valence-corrected chi connectivity index (χ0v) is 11.4. The minimum atomic E-state index is -0.784. The zero-order valence-electron chi connectivity index (χ0n) is 10.5. The molecule has 1 saturated carbocycles. The Morgan fingerprint density at radius 1 is 1.16 bits per heavy atom. The molecule has 1 fully saturated rings. The van der Waals surface area contributed by atoms with E-state index in [9.17, 15) is 9.59 Å². The molecule has 1 aromatic rings. The predicted molar refractivity (Wildman–Crippen MR) is 76.6 cm³/mol. The minimum absolute atomic E-state index is 0.0573. The van der Waals surface area contributed by atoms with E-state index in [0.717, 1.165) is 18.4 Å². The van der Waals surface area contributed by atoms with Gasteiger partial charge in [-0.2, -0.15) is 0 Å². The van der Waals surface area contributed by atoms with E-state index in [1.165, 1.54) is 0 Å². The van der Waals surface area contributed by atoms with E-state index in [1.54, 1.807) is 17.5 Å². The minimum Gasteiger partial charge on any atom is -0.481 e. The monoisotopic (exact) mass is 276 g/mol. The number of carboxylic acids is 1. The summed E-state index contributed by atoms with van der Waals surface area (Å²) in [7, 11) is 0. The molecule has 3 nitrogen and oxygen atoms in total. The Hall–Kier alpha value is -1.55. The van der Waals surface area contributed by atoms with Crippen LogP contribution in [0.5, 0.6) is 0 Å². The second-order valence-corrected chi connectivity index (χ2v) is 5.24. The van der Waals surface area contributed by atoms with Crippen LogP contribution in [-0.4, -0.2) is 22.2 Å². The number of benzene rings is 1. The van der Waals surface area contributed by atoms with Crippen LogP contribution >= 0.6 is 12.2 Å². The fourth-order valence-corrected chi connectivity index (χ4v) is 2.77. The third-order valence-electron chi connectivity index (χ3n) is 3.73. The smallest absolute Gasteiger partial charge is 0.306 e. The number of carboxylic acid groups (broad SMARTS) is 1. The Balaban J connectivity index is 2.09. The Labute approximate surface area is 117 Å². The van der Waals surface area contributed by atoms with Gasteiger partial charge in [0.15, 0.2) is 5.78 Å². The lowest BCUT2D eigenvalue weighted by atomic mass is 9.78. The van der Waals surface area contributed by atoms with Crippen molar-refractivity contribution in [3.63, 3.8) is 0 Å². The van der Waals surface area contributed by atoms with Crippen molar-refractivity contribution in [3.05, 3.63) is 35.4 Å². The molecule has 0 amide bonds. The van der Waals surface area contributed by atoms with E-state index in [2.05, 4.69) is 0 Å². The van der Waals surface area contributed by atoms with Gasteiger partial charge in [-0.15, -0.1) is 0 Å². The highest BCUT2D eigenvalue weighted by atomic mass is 32.1. The van der Waals surface area contributed by atoms with Gasteiger partial charge in [0, 0.05) is 16.8 Å². The molecule has 2 rings (SSSR count). The van der Waals surface area contributed by atoms with E-state index in [4.69, 9.17) is 17.3 Å². The van der Waals surface area contributed by atoms with Crippen LogP contribution in [0.3, 0.4) is 0 Å². The van der Waals surface area contributed by atoms with Gasteiger partial charge >= 0.3 is 5.97 Å². The van der Waals surface area contributed by atoms with Gasteiger partial charge in [-0.1, -0.05) is 42.9 Å². The summed E-state index contributed by atoms with van der Waals surface area (Å²) in [5.41, 5.74) is 1.55. The lowest BCUT2D eigenvalue weighted by Crippen LogP contribution is -2.27. The van der Waals surface area contributed by atoms with Crippen LogP contribution in [0.15, 0.2) is 24.3 Å². The second-order valence-electron chi connectivity index (χ2n) is 5.00. The molecule has 0 radical (unpaired) electrons. The normalized spacial score (nSPS) is 22.7. The summed E-state index contributed by atoms with van der Waals surface area (Å²) in [5.74, 6) is -1.26. The number of thiocarbonyl (C=S) groups is 1. The second kappa shape index (κ2) is 6.06. The van der Waals surface area contributed by atoms with Crippen molar-refractivity contribution in [2.45, 2.75) is 25.7 Å². The van der Waals surface area contributed by atoms with Crippen molar-refractivity contribution >= 4 is 29.3 Å². The van der Waals surface area contributed by atoms with Crippen molar-refractivity contribution in [1.29, 1.82) is 0 Å². The Kier molecular flexibility index (Phi) is 4.43. The summed E-state index contributed by atoms with van der Waals surface area (Å²) in [6.07, 6.45) is 2.75. The summed E-state index contributed by atoms with van der Waals surface area (Å²) < 4.78 is 0. The average Bonchev–Trinajstić information content (AvgIpc) is 2.46. The van der Waals surface area contributed by atoms with Gasteiger partial charge in [0.25, 0.3) is 0 Å². The first-order valence-electron chi connectivity index (χ1n) is 6.44. The molecule has 100 valence electrons. The summed E-state index contributed by atoms with van der Waals surface area (Å²) in [5, 5.41) is 10.6. The van der Waals surface area contributed by atoms with Crippen LogP contribution in [0.25, 0.3) is 0 Å². The van der Waals surface area contributed by atoms with Crippen LogP contribution < -0.4 is 0 Å². The fourth-order valence-electron chi connectivity index (χ4n) is 2.61. The highest BCUT2D eigenvalue weighted by Crippen LogP contribution is 2.31. The molecule has 1 N–H and O–H groups in total. The van der Waals surface area contributed by atoms with Crippen LogP contribution in [0.2, 0.25) is 0 Å². The largest absolute Gasteiger partial charge is 0.481 e. The van der Waals surface area contributed by atoms with E-state index in [0.29, 0.717) is 18.4 Å². The van der Waals surface area contributed by atoms with E-state index >= 15 is 0 Å². The first kappa shape index (κ1) is 13.9. The molecule has 1 aliphatic carbocycles. The van der Waals surface area contributed by atoms with Gasteiger partial charge in [0.05, 0.1) is 5.92 Å². The molecule has 2 atom stereocenters. The van der Waals surface area contributed by atoms with Crippen molar-refractivity contribution in [3.8, 4) is 0 Å². The van der Waals surface area contributed by atoms with Gasteiger partial charge in [-0.25, -0.2) is 0 Å². The molecule has 1 aliphatic rings. The van der Waals surface area contributed by atoms with Gasteiger partial charge in [-0.05, 0) is 24.8 Å². The zero-order chi connectivity index (χ0) is 13.8. The standard InChI is InChI=1S/C15H16O3S/c16-14(11-6-4-10(9-19)5-7-11)12-2-1-3-13(8-12)15(17)18/h4-7,9,12-13H,1-3,8H2,(H,17,18)/t12-,13+/m0/s1. The van der Waals surface area contributed by atoms with Crippen molar-refractivity contribution < 1.29 is 14.7 Å². The molecule has 0 unspecified atom stereocenters. The molecule has 0 saturated heterocycles. The number of aliphatic carboxylic acids is 1.